The Hall–Kier alpha value is -2.45. The molecule has 180 valence electrons. The van der Waals surface area contributed by atoms with Crippen LogP contribution in [0.25, 0.3) is 22.1 Å². The lowest BCUT2D eigenvalue weighted by Crippen LogP contribution is -2.45. The fraction of sp³-hybridized carbons (Fsp3) is 0.375. The van der Waals surface area contributed by atoms with Crippen molar-refractivity contribution in [3.63, 3.8) is 0 Å². The molecule has 3 aromatic rings. The van der Waals surface area contributed by atoms with Crippen molar-refractivity contribution in [1.29, 1.82) is 0 Å². The number of likely N-dealkylation sites (N-methyl/N-ethyl adjacent to an activating group) is 1. The smallest absolute Gasteiger partial charge is 0.200 e. The van der Waals surface area contributed by atoms with Gasteiger partial charge in [-0.2, -0.15) is 0 Å². The second kappa shape index (κ2) is 12.1. The monoisotopic (exact) mass is 496 g/mol. The van der Waals surface area contributed by atoms with Crippen LogP contribution in [0.3, 0.4) is 0 Å². The summed E-state index contributed by atoms with van der Waals surface area (Å²) >= 11 is 0. The molecule has 0 aliphatic carbocycles. The highest BCUT2D eigenvalue weighted by Gasteiger charge is 2.15. The summed E-state index contributed by atoms with van der Waals surface area (Å²) < 4.78 is 22.3. The largest absolute Gasteiger partial charge is 0.493 e. The first-order valence-corrected chi connectivity index (χ1v) is 10.4. The Kier molecular flexibility index (Phi) is 9.86. The van der Waals surface area contributed by atoms with Crippen molar-refractivity contribution < 1.29 is 18.6 Å². The molecule has 0 N–H and O–H groups in total. The first-order chi connectivity index (χ1) is 15.1. The quantitative estimate of drug-likeness (QED) is 0.490. The molecule has 0 unspecified atom stereocenters. The van der Waals surface area contributed by atoms with E-state index in [1.807, 2.05) is 12.1 Å². The Morgan fingerprint density at radius 3 is 2.36 bits per heavy atom. The lowest BCUT2D eigenvalue weighted by atomic mass is 10.0. The van der Waals surface area contributed by atoms with E-state index in [-0.39, 0.29) is 30.2 Å². The van der Waals surface area contributed by atoms with Crippen molar-refractivity contribution in [3.8, 4) is 28.4 Å². The van der Waals surface area contributed by atoms with Gasteiger partial charge in [-0.25, -0.2) is 0 Å². The van der Waals surface area contributed by atoms with E-state index in [0.29, 0.717) is 46.0 Å². The third kappa shape index (κ3) is 6.12. The lowest BCUT2D eigenvalue weighted by molar-refractivity contribution is 0.134. The van der Waals surface area contributed by atoms with Gasteiger partial charge in [0.05, 0.1) is 25.2 Å². The van der Waals surface area contributed by atoms with Crippen molar-refractivity contribution in [2.45, 2.75) is 0 Å². The average molecular weight is 497 g/mol. The normalized spacial score (nSPS) is 14.3. The van der Waals surface area contributed by atoms with Gasteiger partial charge in [0.15, 0.2) is 16.9 Å². The van der Waals surface area contributed by atoms with Crippen LogP contribution in [0.5, 0.6) is 17.2 Å². The Morgan fingerprint density at radius 1 is 0.939 bits per heavy atom. The maximum absolute atomic E-state index is 13.1. The van der Waals surface area contributed by atoms with Gasteiger partial charge < -0.3 is 23.5 Å². The molecule has 0 radical (unpaired) electrons. The Balaban J connectivity index is 0.00000193. The van der Waals surface area contributed by atoms with Gasteiger partial charge in [-0.3, -0.25) is 9.69 Å². The topological polar surface area (TPSA) is 64.4 Å². The fourth-order valence-electron chi connectivity index (χ4n) is 3.77. The van der Waals surface area contributed by atoms with E-state index < -0.39 is 0 Å². The van der Waals surface area contributed by atoms with E-state index in [2.05, 4.69) is 16.8 Å². The first kappa shape index (κ1) is 26.8. The summed E-state index contributed by atoms with van der Waals surface area (Å²) in [6.45, 7) is 5.78. The molecule has 1 aromatic heterocycles. The number of hydrogen-bond donors (Lipinski definition) is 0. The molecule has 0 bridgehead atoms. The number of methoxy groups -OCH3 is 2. The van der Waals surface area contributed by atoms with Crippen LogP contribution in [-0.4, -0.2) is 70.4 Å². The van der Waals surface area contributed by atoms with Crippen LogP contribution in [0.4, 0.5) is 0 Å². The van der Waals surface area contributed by atoms with Crippen molar-refractivity contribution in [2.75, 3.05) is 60.6 Å². The zero-order valence-corrected chi connectivity index (χ0v) is 20.7. The van der Waals surface area contributed by atoms with E-state index in [1.54, 1.807) is 38.5 Å². The summed E-state index contributed by atoms with van der Waals surface area (Å²) in [4.78, 5) is 17.8. The third-order valence-electron chi connectivity index (χ3n) is 5.71. The second-order valence-corrected chi connectivity index (χ2v) is 7.70. The summed E-state index contributed by atoms with van der Waals surface area (Å²) in [5.41, 5.74) is 1.58. The van der Waals surface area contributed by atoms with Gasteiger partial charge in [0.1, 0.15) is 24.2 Å². The van der Waals surface area contributed by atoms with Gasteiger partial charge >= 0.3 is 0 Å². The molecule has 1 saturated heterocycles. The van der Waals surface area contributed by atoms with E-state index in [9.17, 15) is 4.79 Å². The number of halogens is 2. The average Bonchev–Trinajstić information content (AvgIpc) is 2.80. The maximum atomic E-state index is 13.1. The van der Waals surface area contributed by atoms with Gasteiger partial charge in [0, 0.05) is 38.8 Å². The summed E-state index contributed by atoms with van der Waals surface area (Å²) in [6.07, 6.45) is 1.49. The predicted octanol–water partition coefficient (Wildman–Crippen LogP) is 3.95. The summed E-state index contributed by atoms with van der Waals surface area (Å²) in [5, 5.41) is 0.513. The molecule has 2 heterocycles. The molecule has 7 nitrogen and oxygen atoms in total. The Morgan fingerprint density at radius 2 is 1.67 bits per heavy atom. The summed E-state index contributed by atoms with van der Waals surface area (Å²) in [7, 11) is 5.29. The zero-order chi connectivity index (χ0) is 21.8. The second-order valence-electron chi connectivity index (χ2n) is 7.70. The number of benzene rings is 2. The molecule has 2 aromatic carbocycles. The molecule has 4 rings (SSSR count). The van der Waals surface area contributed by atoms with Crippen LogP contribution in [0.15, 0.2) is 51.9 Å². The molecule has 0 saturated carbocycles. The van der Waals surface area contributed by atoms with Crippen molar-refractivity contribution in [3.05, 3.63) is 52.9 Å². The highest BCUT2D eigenvalue weighted by Crippen LogP contribution is 2.32. The van der Waals surface area contributed by atoms with Gasteiger partial charge in [-0.05, 0) is 36.9 Å². The maximum Gasteiger partial charge on any atom is 0.200 e. The van der Waals surface area contributed by atoms with Gasteiger partial charge in [-0.15, -0.1) is 24.8 Å². The number of nitrogens with zero attached hydrogens (tertiary/aromatic N) is 2. The number of hydrogen-bond acceptors (Lipinski definition) is 7. The minimum atomic E-state index is -0.0996. The third-order valence-corrected chi connectivity index (χ3v) is 5.71. The highest BCUT2D eigenvalue weighted by atomic mass is 35.5. The molecular formula is C24H30Cl2N2O5. The molecule has 0 amide bonds. The van der Waals surface area contributed by atoms with Gasteiger partial charge in [0.25, 0.3) is 0 Å². The van der Waals surface area contributed by atoms with Crippen LogP contribution in [0, 0.1) is 0 Å². The number of ether oxygens (including phenoxy) is 3. The van der Waals surface area contributed by atoms with Crippen LogP contribution in [0.2, 0.25) is 0 Å². The van der Waals surface area contributed by atoms with E-state index in [0.717, 1.165) is 32.7 Å². The SMILES string of the molecule is COc1ccc(-c2coc3cc(OCCN4CCN(C)CC4)ccc3c2=O)cc1OC.Cl.Cl. The zero-order valence-electron chi connectivity index (χ0n) is 19.0. The number of fused-ring (bicyclic) bond motifs is 1. The van der Waals surface area contributed by atoms with Gasteiger partial charge in [0.2, 0.25) is 0 Å². The van der Waals surface area contributed by atoms with Crippen molar-refractivity contribution in [2.24, 2.45) is 0 Å². The van der Waals surface area contributed by atoms with E-state index >= 15 is 0 Å². The molecule has 0 atom stereocenters. The fourth-order valence-corrected chi connectivity index (χ4v) is 3.77. The molecule has 0 spiro atoms. The highest BCUT2D eigenvalue weighted by molar-refractivity contribution is 5.85. The molecule has 33 heavy (non-hydrogen) atoms. The van der Waals surface area contributed by atoms with Crippen LogP contribution in [0.1, 0.15) is 0 Å². The predicted molar refractivity (Wildman–Crippen MR) is 135 cm³/mol. The molecule has 1 aliphatic heterocycles. The summed E-state index contributed by atoms with van der Waals surface area (Å²) in [5.74, 6) is 1.86. The Bertz CT molecular complexity index is 1110. The van der Waals surface area contributed by atoms with Gasteiger partial charge in [-0.1, -0.05) is 6.07 Å². The molecule has 9 heteroatoms. The van der Waals surface area contributed by atoms with Crippen LogP contribution < -0.4 is 19.6 Å². The van der Waals surface area contributed by atoms with Crippen molar-refractivity contribution >= 4 is 35.8 Å². The number of rotatable bonds is 7. The molecular weight excluding hydrogens is 467 g/mol. The van der Waals surface area contributed by atoms with E-state index in [1.165, 1.54) is 6.26 Å². The summed E-state index contributed by atoms with van der Waals surface area (Å²) in [6, 6.07) is 10.7. The van der Waals surface area contributed by atoms with Crippen molar-refractivity contribution in [1.82, 2.24) is 9.80 Å². The molecule has 1 fully saturated rings. The minimum Gasteiger partial charge on any atom is -0.493 e. The lowest BCUT2D eigenvalue weighted by Gasteiger charge is -2.32. The Labute approximate surface area is 206 Å². The molecule has 1 aliphatic rings. The van der Waals surface area contributed by atoms with Crippen LogP contribution >= 0.6 is 24.8 Å². The first-order valence-electron chi connectivity index (χ1n) is 10.4. The van der Waals surface area contributed by atoms with Crippen LogP contribution in [-0.2, 0) is 0 Å². The standard InChI is InChI=1S/C24H28N2O5.2ClH/c1-25-8-10-26(11-9-25)12-13-30-18-5-6-19-22(15-18)31-16-20(24(19)27)17-4-7-21(28-2)23(14-17)29-3;;/h4-7,14-16H,8-13H2,1-3H3;2*1H. The number of piperazine rings is 1. The van der Waals surface area contributed by atoms with E-state index in [4.69, 9.17) is 18.6 Å². The minimum absolute atomic E-state index is 0.